The van der Waals surface area contributed by atoms with Crippen molar-refractivity contribution < 1.29 is 4.74 Å². The van der Waals surface area contributed by atoms with E-state index < -0.39 is 0 Å². The topological polar surface area (TPSA) is 40.6 Å². The van der Waals surface area contributed by atoms with Crippen molar-refractivity contribution in [2.45, 2.75) is 31.1 Å². The molecule has 0 aliphatic carbocycles. The SMILES string of the molecule is CNc1ncccc1CN1C[C@H]2[C@@H](CN(C)C)[C@@H]3CC[C@@]2(C1)O3. The molecule has 0 aromatic carbocycles. The Morgan fingerprint density at radius 2 is 2.35 bits per heavy atom. The molecule has 1 spiro atoms. The second kappa shape index (κ2) is 5.72. The van der Waals surface area contributed by atoms with Crippen LogP contribution in [0.15, 0.2) is 18.3 Å². The molecule has 3 aliphatic rings. The Morgan fingerprint density at radius 1 is 1.48 bits per heavy atom. The number of fused-ring (bicyclic) bond motifs is 1. The summed E-state index contributed by atoms with van der Waals surface area (Å²) < 4.78 is 6.52. The maximum Gasteiger partial charge on any atom is 0.130 e. The Kier molecular flexibility index (Phi) is 3.82. The third-order valence-electron chi connectivity index (χ3n) is 5.95. The van der Waals surface area contributed by atoms with Gasteiger partial charge in [0.2, 0.25) is 0 Å². The molecule has 3 aliphatic heterocycles. The second-order valence-corrected chi connectivity index (χ2v) is 7.72. The molecule has 0 radical (unpaired) electrons. The number of anilines is 1. The van der Waals surface area contributed by atoms with Crippen LogP contribution in [0.4, 0.5) is 5.82 Å². The number of hydrogen-bond donors (Lipinski definition) is 1. The first kappa shape index (κ1) is 15.4. The highest BCUT2D eigenvalue weighted by atomic mass is 16.5. The maximum atomic E-state index is 6.52. The summed E-state index contributed by atoms with van der Waals surface area (Å²) in [6.45, 7) is 4.35. The molecule has 0 unspecified atom stereocenters. The molecular weight excluding hydrogens is 288 g/mol. The van der Waals surface area contributed by atoms with Crippen LogP contribution < -0.4 is 5.32 Å². The summed E-state index contributed by atoms with van der Waals surface area (Å²) in [4.78, 5) is 9.34. The van der Waals surface area contributed by atoms with Crippen molar-refractivity contribution >= 4 is 5.82 Å². The number of hydrogen-bond acceptors (Lipinski definition) is 5. The van der Waals surface area contributed by atoms with Crippen LogP contribution in [0.1, 0.15) is 18.4 Å². The van der Waals surface area contributed by atoms with Crippen LogP contribution in [0.5, 0.6) is 0 Å². The molecule has 126 valence electrons. The molecule has 2 bridgehead atoms. The third kappa shape index (κ3) is 2.55. The third-order valence-corrected chi connectivity index (χ3v) is 5.95. The minimum atomic E-state index is 0.132. The van der Waals surface area contributed by atoms with E-state index in [9.17, 15) is 0 Å². The number of rotatable bonds is 5. The van der Waals surface area contributed by atoms with E-state index in [2.05, 4.69) is 40.3 Å². The fourth-order valence-corrected chi connectivity index (χ4v) is 5.11. The number of aromatic nitrogens is 1. The van der Waals surface area contributed by atoms with Crippen LogP contribution in [0.3, 0.4) is 0 Å². The molecule has 0 saturated carbocycles. The summed E-state index contributed by atoms with van der Waals surface area (Å²) in [7, 11) is 6.31. The number of nitrogens with zero attached hydrogens (tertiary/aromatic N) is 3. The van der Waals surface area contributed by atoms with Gasteiger partial charge in [0.1, 0.15) is 5.82 Å². The molecule has 4 heterocycles. The fourth-order valence-electron chi connectivity index (χ4n) is 5.11. The van der Waals surface area contributed by atoms with Gasteiger partial charge < -0.3 is 15.0 Å². The highest BCUT2D eigenvalue weighted by Gasteiger charge is 2.62. The van der Waals surface area contributed by atoms with E-state index in [4.69, 9.17) is 4.74 Å². The Balaban J connectivity index is 1.50. The molecular formula is C18H28N4O. The molecule has 3 saturated heterocycles. The van der Waals surface area contributed by atoms with Gasteiger partial charge in [0, 0.05) is 56.8 Å². The van der Waals surface area contributed by atoms with Gasteiger partial charge in [0.05, 0.1) is 11.7 Å². The number of likely N-dealkylation sites (tertiary alicyclic amines) is 1. The van der Waals surface area contributed by atoms with Gasteiger partial charge in [-0.3, -0.25) is 4.90 Å². The molecule has 1 aromatic rings. The van der Waals surface area contributed by atoms with Gasteiger partial charge in [0.15, 0.2) is 0 Å². The van der Waals surface area contributed by atoms with Gasteiger partial charge >= 0.3 is 0 Å². The molecule has 4 rings (SSSR count). The Labute approximate surface area is 139 Å². The van der Waals surface area contributed by atoms with Crippen molar-refractivity contribution in [1.29, 1.82) is 0 Å². The van der Waals surface area contributed by atoms with Crippen LogP contribution in [-0.2, 0) is 11.3 Å². The Morgan fingerprint density at radius 3 is 3.13 bits per heavy atom. The minimum absolute atomic E-state index is 0.132. The molecule has 4 atom stereocenters. The zero-order chi connectivity index (χ0) is 16.0. The van der Waals surface area contributed by atoms with E-state index in [1.165, 1.54) is 18.4 Å². The van der Waals surface area contributed by atoms with Crippen molar-refractivity contribution in [3.63, 3.8) is 0 Å². The van der Waals surface area contributed by atoms with Gasteiger partial charge in [-0.1, -0.05) is 6.07 Å². The predicted octanol–water partition coefficient (Wildman–Crippen LogP) is 1.66. The summed E-state index contributed by atoms with van der Waals surface area (Å²) >= 11 is 0. The van der Waals surface area contributed by atoms with E-state index >= 15 is 0 Å². The smallest absolute Gasteiger partial charge is 0.130 e. The van der Waals surface area contributed by atoms with E-state index in [0.717, 1.165) is 32.0 Å². The lowest BCUT2D eigenvalue weighted by molar-refractivity contribution is 0.00146. The lowest BCUT2D eigenvalue weighted by Gasteiger charge is -2.31. The first-order chi connectivity index (χ1) is 11.1. The summed E-state index contributed by atoms with van der Waals surface area (Å²) in [6, 6.07) is 4.21. The van der Waals surface area contributed by atoms with E-state index in [0.29, 0.717) is 17.9 Å². The van der Waals surface area contributed by atoms with E-state index in [1.807, 2.05) is 19.3 Å². The average molecular weight is 316 g/mol. The molecule has 5 nitrogen and oxygen atoms in total. The van der Waals surface area contributed by atoms with Crippen LogP contribution in [0.2, 0.25) is 0 Å². The fraction of sp³-hybridized carbons (Fsp3) is 0.722. The Bertz CT molecular complexity index is 578. The first-order valence-corrected chi connectivity index (χ1v) is 8.78. The number of pyridine rings is 1. The minimum Gasteiger partial charge on any atom is -0.373 e. The largest absolute Gasteiger partial charge is 0.373 e. The van der Waals surface area contributed by atoms with Gasteiger partial charge in [-0.15, -0.1) is 0 Å². The molecule has 1 N–H and O–H groups in total. The zero-order valence-electron chi connectivity index (χ0n) is 14.5. The lowest BCUT2D eigenvalue weighted by atomic mass is 9.73. The van der Waals surface area contributed by atoms with Crippen LogP contribution in [-0.4, -0.2) is 67.3 Å². The Hall–Kier alpha value is -1.17. The molecule has 1 aromatic heterocycles. The molecule has 23 heavy (non-hydrogen) atoms. The van der Waals surface area contributed by atoms with Crippen molar-refractivity contribution in [1.82, 2.24) is 14.8 Å². The standard InChI is InChI=1S/C18H28N4O/c1-19-17-13(5-4-8-20-17)9-22-11-15-14(10-21(2)3)16-6-7-18(15,12-22)23-16/h4-5,8,14-16H,6-7,9-12H2,1-3H3,(H,19,20)/t14-,15+,16+,18+/m1/s1. The summed E-state index contributed by atoms with van der Waals surface area (Å²) in [5.74, 6) is 2.39. The first-order valence-electron chi connectivity index (χ1n) is 8.78. The van der Waals surface area contributed by atoms with Gasteiger partial charge in [-0.2, -0.15) is 0 Å². The normalized spacial score (nSPS) is 35.9. The molecule has 5 heteroatoms. The van der Waals surface area contributed by atoms with Crippen LogP contribution >= 0.6 is 0 Å². The zero-order valence-corrected chi connectivity index (χ0v) is 14.5. The van der Waals surface area contributed by atoms with Crippen LogP contribution in [0, 0.1) is 11.8 Å². The predicted molar refractivity (Wildman–Crippen MR) is 91.4 cm³/mol. The summed E-state index contributed by atoms with van der Waals surface area (Å²) in [5, 5.41) is 3.21. The van der Waals surface area contributed by atoms with Gasteiger partial charge in [-0.05, 0) is 33.0 Å². The van der Waals surface area contributed by atoms with Crippen LogP contribution in [0.25, 0.3) is 0 Å². The summed E-state index contributed by atoms with van der Waals surface area (Å²) in [6.07, 6.45) is 4.84. The second-order valence-electron chi connectivity index (χ2n) is 7.72. The highest BCUT2D eigenvalue weighted by molar-refractivity contribution is 5.43. The average Bonchev–Trinajstić information content (AvgIpc) is 3.17. The quantitative estimate of drug-likeness (QED) is 0.895. The monoisotopic (exact) mass is 316 g/mol. The maximum absolute atomic E-state index is 6.52. The summed E-state index contributed by atoms with van der Waals surface area (Å²) in [5.41, 5.74) is 1.41. The number of ether oxygens (including phenoxy) is 1. The number of nitrogens with one attached hydrogen (secondary N) is 1. The lowest BCUT2D eigenvalue weighted by Crippen LogP contribution is -2.40. The van der Waals surface area contributed by atoms with Gasteiger partial charge in [0.25, 0.3) is 0 Å². The van der Waals surface area contributed by atoms with Crippen molar-refractivity contribution in [3.05, 3.63) is 23.9 Å². The molecule has 3 fully saturated rings. The van der Waals surface area contributed by atoms with Crippen molar-refractivity contribution in [2.75, 3.05) is 46.1 Å². The van der Waals surface area contributed by atoms with Crippen molar-refractivity contribution in [2.24, 2.45) is 11.8 Å². The molecule has 0 amide bonds. The highest BCUT2D eigenvalue weighted by Crippen LogP contribution is 2.55. The van der Waals surface area contributed by atoms with E-state index in [1.54, 1.807) is 0 Å². The van der Waals surface area contributed by atoms with Crippen molar-refractivity contribution in [3.8, 4) is 0 Å². The van der Waals surface area contributed by atoms with Gasteiger partial charge in [-0.25, -0.2) is 4.98 Å². The van der Waals surface area contributed by atoms with E-state index in [-0.39, 0.29) is 5.60 Å².